The van der Waals surface area contributed by atoms with Gasteiger partial charge in [0.05, 0.1) is 13.8 Å². The molecular weight excluding hydrogens is 322 g/mol. The number of likely N-dealkylation sites (tertiary alicyclic amines) is 1. The summed E-state index contributed by atoms with van der Waals surface area (Å²) >= 11 is 1.52. The van der Waals surface area contributed by atoms with Crippen molar-refractivity contribution in [3.8, 4) is 5.75 Å². The molecule has 0 aliphatic carbocycles. The molecule has 2 heterocycles. The van der Waals surface area contributed by atoms with Crippen molar-refractivity contribution in [1.82, 2.24) is 9.80 Å². The van der Waals surface area contributed by atoms with Crippen molar-refractivity contribution in [2.75, 3.05) is 33.1 Å². The molecule has 0 unspecified atom stereocenters. The van der Waals surface area contributed by atoms with Crippen molar-refractivity contribution in [2.24, 2.45) is 4.99 Å². The van der Waals surface area contributed by atoms with Gasteiger partial charge in [0, 0.05) is 0 Å². The highest BCUT2D eigenvalue weighted by molar-refractivity contribution is 8.13. The second kappa shape index (κ2) is 7.85. The van der Waals surface area contributed by atoms with Gasteiger partial charge < -0.3 is 4.74 Å². The van der Waals surface area contributed by atoms with Crippen LogP contribution in [0.1, 0.15) is 24.8 Å². The van der Waals surface area contributed by atoms with Crippen molar-refractivity contribution in [2.45, 2.75) is 19.3 Å². The fourth-order valence-electron chi connectivity index (χ4n) is 2.97. The van der Waals surface area contributed by atoms with E-state index in [0.717, 1.165) is 29.6 Å². The summed E-state index contributed by atoms with van der Waals surface area (Å²) in [6.45, 7) is 2.75. The molecule has 0 N–H and O–H groups in total. The maximum Gasteiger partial charge on any atom is 0.279 e. The van der Waals surface area contributed by atoms with Crippen molar-refractivity contribution in [1.29, 1.82) is 0 Å². The topological polar surface area (TPSA) is 45.1 Å². The minimum atomic E-state index is -0.0132. The number of carbonyl (C=O) groups excluding carboxylic acids is 1. The highest BCUT2D eigenvalue weighted by atomic mass is 32.2. The molecule has 128 valence electrons. The van der Waals surface area contributed by atoms with Gasteiger partial charge in [-0.2, -0.15) is 0 Å². The lowest BCUT2D eigenvalue weighted by Crippen LogP contribution is -2.43. The molecule has 3 rings (SSSR count). The Morgan fingerprint density at radius 3 is 2.54 bits per heavy atom. The number of benzene rings is 1. The number of hydrogen-bond donors (Lipinski definition) is 0. The number of amides is 1. The summed E-state index contributed by atoms with van der Waals surface area (Å²) in [6, 6.07) is 7.63. The number of thioether (sulfide) groups is 1. The summed E-state index contributed by atoms with van der Waals surface area (Å²) in [5, 5.41) is 0.783. The van der Waals surface area contributed by atoms with Gasteiger partial charge in [0.25, 0.3) is 5.91 Å². The Morgan fingerprint density at radius 2 is 1.92 bits per heavy atom. The molecule has 5 nitrogen and oxygen atoms in total. The van der Waals surface area contributed by atoms with Gasteiger partial charge in [-0.1, -0.05) is 30.3 Å². The zero-order valence-electron chi connectivity index (χ0n) is 14.2. The van der Waals surface area contributed by atoms with Crippen LogP contribution in [0.15, 0.2) is 35.0 Å². The van der Waals surface area contributed by atoms with E-state index < -0.39 is 0 Å². The summed E-state index contributed by atoms with van der Waals surface area (Å²) < 4.78 is 5.16. The van der Waals surface area contributed by atoms with E-state index >= 15 is 0 Å². The summed E-state index contributed by atoms with van der Waals surface area (Å²) in [5.41, 5.74) is 1.45. The molecule has 0 radical (unpaired) electrons. The van der Waals surface area contributed by atoms with Crippen LogP contribution in [0.2, 0.25) is 0 Å². The zero-order chi connectivity index (χ0) is 16.9. The van der Waals surface area contributed by atoms with Gasteiger partial charge in [0.15, 0.2) is 5.17 Å². The number of nitrogens with zero attached hydrogens (tertiary/aromatic N) is 3. The van der Waals surface area contributed by atoms with Crippen LogP contribution in [0.25, 0.3) is 6.08 Å². The van der Waals surface area contributed by atoms with E-state index in [0.29, 0.717) is 12.4 Å². The first-order valence-corrected chi connectivity index (χ1v) is 9.46. The van der Waals surface area contributed by atoms with Crippen LogP contribution < -0.4 is 4.74 Å². The van der Waals surface area contributed by atoms with E-state index in [1.165, 1.54) is 31.0 Å². The van der Waals surface area contributed by atoms with Gasteiger partial charge in [-0.25, -0.2) is 4.99 Å². The van der Waals surface area contributed by atoms with Gasteiger partial charge in [-0.15, -0.1) is 0 Å². The lowest BCUT2D eigenvalue weighted by atomic mass is 10.1. The summed E-state index contributed by atoms with van der Waals surface area (Å²) in [4.78, 5) is 21.4. The average Bonchev–Trinajstić information content (AvgIpc) is 2.92. The average molecular weight is 345 g/mol. The molecule has 24 heavy (non-hydrogen) atoms. The lowest BCUT2D eigenvalue weighted by molar-refractivity contribution is -0.124. The molecule has 2 aliphatic heterocycles. The van der Waals surface area contributed by atoms with Crippen LogP contribution in [0.4, 0.5) is 0 Å². The van der Waals surface area contributed by atoms with E-state index in [4.69, 9.17) is 4.74 Å². The number of carbonyl (C=O) groups is 1. The van der Waals surface area contributed by atoms with Crippen LogP contribution in [0.5, 0.6) is 5.75 Å². The number of methoxy groups -OCH3 is 1. The number of amidine groups is 1. The molecule has 0 saturated carbocycles. The summed E-state index contributed by atoms with van der Waals surface area (Å²) in [7, 11) is 1.64. The first-order chi connectivity index (χ1) is 11.7. The molecule has 0 bridgehead atoms. The Labute approximate surface area is 147 Å². The number of hydrogen-bond acceptors (Lipinski definition) is 5. The van der Waals surface area contributed by atoms with Crippen molar-refractivity contribution < 1.29 is 9.53 Å². The standard InChI is InChI=1S/C18H23N3O2S/c1-23-15-8-6-14(7-9-15)12-16-17(22)21(18(19-16)24-2)13-20-10-4-3-5-11-20/h6-9,12H,3-5,10-11,13H2,1-2H3/b16-12-. The van der Waals surface area contributed by atoms with Gasteiger partial charge in [0.1, 0.15) is 11.4 Å². The predicted octanol–water partition coefficient (Wildman–Crippen LogP) is 3.04. The van der Waals surface area contributed by atoms with Gasteiger partial charge in [-0.3, -0.25) is 14.6 Å². The minimum Gasteiger partial charge on any atom is -0.497 e. The second-order valence-corrected chi connectivity index (χ2v) is 6.73. The second-order valence-electron chi connectivity index (χ2n) is 5.95. The normalized spacial score (nSPS) is 20.6. The maximum atomic E-state index is 12.8. The molecule has 0 atom stereocenters. The fourth-order valence-corrected chi connectivity index (χ4v) is 3.52. The number of ether oxygens (including phenoxy) is 1. The highest BCUT2D eigenvalue weighted by Crippen LogP contribution is 2.24. The van der Waals surface area contributed by atoms with Crippen LogP contribution in [0.3, 0.4) is 0 Å². The van der Waals surface area contributed by atoms with Crippen molar-refractivity contribution >= 4 is 28.9 Å². The SMILES string of the molecule is COc1ccc(/C=C2\N=C(SC)N(CN3CCCCC3)C2=O)cc1. The third kappa shape index (κ3) is 3.82. The van der Waals surface area contributed by atoms with Gasteiger partial charge in [-0.05, 0) is 56.0 Å². The third-order valence-corrected chi connectivity index (χ3v) is 4.98. The first kappa shape index (κ1) is 17.0. The van der Waals surface area contributed by atoms with Crippen LogP contribution in [-0.2, 0) is 4.79 Å². The molecular formula is C18H23N3O2S. The monoisotopic (exact) mass is 345 g/mol. The number of rotatable bonds is 4. The van der Waals surface area contributed by atoms with E-state index in [9.17, 15) is 4.79 Å². The van der Waals surface area contributed by atoms with E-state index in [1.807, 2.05) is 36.6 Å². The molecule has 0 aromatic heterocycles. The lowest BCUT2D eigenvalue weighted by Gasteiger charge is -2.30. The molecule has 1 saturated heterocycles. The van der Waals surface area contributed by atoms with E-state index in [1.54, 1.807) is 12.0 Å². The molecule has 1 aromatic carbocycles. The summed E-state index contributed by atoms with van der Waals surface area (Å²) in [6.07, 6.45) is 7.51. The van der Waals surface area contributed by atoms with Gasteiger partial charge >= 0.3 is 0 Å². The van der Waals surface area contributed by atoms with Crippen LogP contribution in [-0.4, -0.2) is 54.0 Å². The van der Waals surface area contributed by atoms with Crippen molar-refractivity contribution in [3.63, 3.8) is 0 Å². The van der Waals surface area contributed by atoms with Crippen molar-refractivity contribution in [3.05, 3.63) is 35.5 Å². The molecule has 1 amide bonds. The largest absolute Gasteiger partial charge is 0.497 e. The molecule has 1 fully saturated rings. The quantitative estimate of drug-likeness (QED) is 0.787. The maximum absolute atomic E-state index is 12.8. The Kier molecular flexibility index (Phi) is 5.58. The summed E-state index contributed by atoms with van der Waals surface area (Å²) in [5.74, 6) is 0.788. The Bertz CT molecular complexity index is 649. The third-order valence-electron chi connectivity index (χ3n) is 4.30. The molecule has 0 spiro atoms. The van der Waals surface area contributed by atoms with Crippen LogP contribution in [0, 0.1) is 0 Å². The Morgan fingerprint density at radius 1 is 1.21 bits per heavy atom. The highest BCUT2D eigenvalue weighted by Gasteiger charge is 2.31. The van der Waals surface area contributed by atoms with Crippen LogP contribution >= 0.6 is 11.8 Å². The predicted molar refractivity (Wildman–Crippen MR) is 99.1 cm³/mol. The smallest absolute Gasteiger partial charge is 0.279 e. The molecule has 1 aromatic rings. The Hall–Kier alpha value is -1.79. The van der Waals surface area contributed by atoms with E-state index in [-0.39, 0.29) is 5.91 Å². The Balaban J connectivity index is 1.75. The number of aliphatic imine (C=N–C) groups is 1. The number of piperidine rings is 1. The van der Waals surface area contributed by atoms with E-state index in [2.05, 4.69) is 9.89 Å². The molecule has 6 heteroatoms. The fraction of sp³-hybridized carbons (Fsp3) is 0.444. The molecule has 2 aliphatic rings. The zero-order valence-corrected chi connectivity index (χ0v) is 15.0. The first-order valence-electron chi connectivity index (χ1n) is 8.24. The minimum absolute atomic E-state index is 0.0132. The van der Waals surface area contributed by atoms with Gasteiger partial charge in [0.2, 0.25) is 0 Å².